The Hall–Kier alpha value is -2.17. The molecule has 5 heteroatoms. The summed E-state index contributed by atoms with van der Waals surface area (Å²) in [7, 11) is 0. The fourth-order valence-electron chi connectivity index (χ4n) is 2.79. The first-order chi connectivity index (χ1) is 10.1. The van der Waals surface area contributed by atoms with Crippen molar-refractivity contribution >= 4 is 5.91 Å². The summed E-state index contributed by atoms with van der Waals surface area (Å²) in [6.45, 7) is 5.27. The molecule has 2 aromatic rings. The Morgan fingerprint density at radius 3 is 2.48 bits per heavy atom. The van der Waals surface area contributed by atoms with Crippen LogP contribution in [-0.4, -0.2) is 33.7 Å². The van der Waals surface area contributed by atoms with Crippen LogP contribution in [0, 0.1) is 19.7 Å². The zero-order chi connectivity index (χ0) is 15.0. The molecule has 110 valence electrons. The third kappa shape index (κ3) is 2.55. The second kappa shape index (κ2) is 5.31. The minimum Gasteiger partial charge on any atom is -0.339 e. The number of hydrogen-bond acceptors (Lipinski definition) is 2. The molecular formula is C16H18FN3O. The number of benzene rings is 1. The normalized spacial score (nSPS) is 14.7. The van der Waals surface area contributed by atoms with E-state index in [4.69, 9.17) is 0 Å². The van der Waals surface area contributed by atoms with Gasteiger partial charge in [0.2, 0.25) is 0 Å². The summed E-state index contributed by atoms with van der Waals surface area (Å²) >= 11 is 0. The van der Waals surface area contributed by atoms with Gasteiger partial charge in [-0.1, -0.05) is 0 Å². The van der Waals surface area contributed by atoms with Crippen molar-refractivity contribution in [2.24, 2.45) is 0 Å². The summed E-state index contributed by atoms with van der Waals surface area (Å²) in [5, 5.41) is 4.27. The van der Waals surface area contributed by atoms with E-state index in [0.717, 1.165) is 37.3 Å². The number of nitrogens with zero attached hydrogens (tertiary/aromatic N) is 3. The lowest BCUT2D eigenvalue weighted by atomic mass is 10.1. The van der Waals surface area contributed by atoms with Crippen LogP contribution in [0.2, 0.25) is 0 Å². The van der Waals surface area contributed by atoms with E-state index in [0.29, 0.717) is 11.3 Å². The Morgan fingerprint density at radius 1 is 1.19 bits per heavy atom. The average molecular weight is 287 g/mol. The molecule has 0 bridgehead atoms. The van der Waals surface area contributed by atoms with Gasteiger partial charge in [-0.05, 0) is 51.0 Å². The van der Waals surface area contributed by atoms with Crippen molar-refractivity contribution < 1.29 is 9.18 Å². The number of carbonyl (C=O) groups is 1. The van der Waals surface area contributed by atoms with Crippen LogP contribution in [0.1, 0.15) is 34.6 Å². The van der Waals surface area contributed by atoms with Gasteiger partial charge in [0.25, 0.3) is 5.91 Å². The summed E-state index contributed by atoms with van der Waals surface area (Å²) in [5.74, 6) is -0.516. The standard InChI is InChI=1S/C16H18FN3O/c1-11-9-12(2)20(18-11)15-6-5-13(10-14(15)17)16(21)19-7-3-4-8-19/h5-6,9-10H,3-4,7-8H2,1-2H3. The van der Waals surface area contributed by atoms with Gasteiger partial charge in [-0.3, -0.25) is 4.79 Å². The zero-order valence-electron chi connectivity index (χ0n) is 12.3. The molecule has 1 aliphatic heterocycles. The van der Waals surface area contributed by atoms with Gasteiger partial charge in [0.1, 0.15) is 11.5 Å². The van der Waals surface area contributed by atoms with E-state index in [-0.39, 0.29) is 5.91 Å². The van der Waals surface area contributed by atoms with Crippen LogP contribution in [-0.2, 0) is 0 Å². The van der Waals surface area contributed by atoms with Gasteiger partial charge in [-0.25, -0.2) is 9.07 Å². The van der Waals surface area contributed by atoms with Crippen LogP contribution in [0.25, 0.3) is 5.69 Å². The Morgan fingerprint density at radius 2 is 1.90 bits per heavy atom. The molecule has 21 heavy (non-hydrogen) atoms. The number of amides is 1. The van der Waals surface area contributed by atoms with E-state index in [9.17, 15) is 9.18 Å². The zero-order valence-corrected chi connectivity index (χ0v) is 12.3. The van der Waals surface area contributed by atoms with Crippen LogP contribution < -0.4 is 0 Å². The molecule has 1 fully saturated rings. The molecule has 1 amide bonds. The lowest BCUT2D eigenvalue weighted by molar-refractivity contribution is 0.0792. The highest BCUT2D eigenvalue weighted by Gasteiger charge is 2.21. The maximum Gasteiger partial charge on any atom is 0.253 e. The lowest BCUT2D eigenvalue weighted by Crippen LogP contribution is -2.27. The molecule has 0 saturated carbocycles. The Bertz CT molecular complexity index is 687. The highest BCUT2D eigenvalue weighted by Crippen LogP contribution is 2.19. The van der Waals surface area contributed by atoms with Gasteiger partial charge in [-0.2, -0.15) is 5.10 Å². The van der Waals surface area contributed by atoms with E-state index in [2.05, 4.69) is 5.10 Å². The van der Waals surface area contributed by atoms with Crippen LogP contribution in [0.15, 0.2) is 24.3 Å². The van der Waals surface area contributed by atoms with E-state index in [1.807, 2.05) is 19.9 Å². The molecule has 0 atom stereocenters. The maximum atomic E-state index is 14.3. The van der Waals surface area contributed by atoms with Crippen LogP contribution in [0.4, 0.5) is 4.39 Å². The average Bonchev–Trinajstić information content (AvgIpc) is 3.08. The second-order valence-corrected chi connectivity index (χ2v) is 5.50. The molecule has 0 unspecified atom stereocenters. The largest absolute Gasteiger partial charge is 0.339 e. The van der Waals surface area contributed by atoms with Crippen molar-refractivity contribution in [3.8, 4) is 5.69 Å². The summed E-state index contributed by atoms with van der Waals surface area (Å²) in [6, 6.07) is 6.50. The van der Waals surface area contributed by atoms with Gasteiger partial charge < -0.3 is 4.90 Å². The van der Waals surface area contributed by atoms with Crippen LogP contribution in [0.5, 0.6) is 0 Å². The number of aryl methyl sites for hydroxylation is 2. The van der Waals surface area contributed by atoms with E-state index in [1.54, 1.807) is 21.7 Å². The summed E-state index contributed by atoms with van der Waals surface area (Å²) < 4.78 is 15.9. The molecule has 0 aliphatic carbocycles. The van der Waals surface area contributed by atoms with Crippen LogP contribution in [0.3, 0.4) is 0 Å². The van der Waals surface area contributed by atoms with Crippen molar-refractivity contribution in [1.29, 1.82) is 0 Å². The molecule has 3 rings (SSSR count). The number of aromatic nitrogens is 2. The fourth-order valence-corrected chi connectivity index (χ4v) is 2.79. The number of rotatable bonds is 2. The van der Waals surface area contributed by atoms with Gasteiger partial charge in [0.15, 0.2) is 0 Å². The topological polar surface area (TPSA) is 38.1 Å². The number of halogens is 1. The summed E-state index contributed by atoms with van der Waals surface area (Å²) in [4.78, 5) is 14.0. The smallest absolute Gasteiger partial charge is 0.253 e. The molecule has 0 spiro atoms. The first-order valence-corrected chi connectivity index (χ1v) is 7.19. The molecular weight excluding hydrogens is 269 g/mol. The summed E-state index contributed by atoms with van der Waals surface area (Å²) in [5.41, 5.74) is 2.48. The minimum atomic E-state index is -0.425. The summed E-state index contributed by atoms with van der Waals surface area (Å²) in [6.07, 6.45) is 2.05. The van der Waals surface area contributed by atoms with E-state index < -0.39 is 5.82 Å². The van der Waals surface area contributed by atoms with Crippen molar-refractivity contribution in [2.75, 3.05) is 13.1 Å². The monoisotopic (exact) mass is 287 g/mol. The lowest BCUT2D eigenvalue weighted by Gasteiger charge is -2.15. The Labute approximate surface area is 123 Å². The molecule has 0 radical (unpaired) electrons. The molecule has 2 heterocycles. The van der Waals surface area contributed by atoms with Crippen molar-refractivity contribution in [3.63, 3.8) is 0 Å². The fraction of sp³-hybridized carbons (Fsp3) is 0.375. The predicted molar refractivity (Wildman–Crippen MR) is 78.1 cm³/mol. The molecule has 1 aliphatic rings. The highest BCUT2D eigenvalue weighted by molar-refractivity contribution is 5.94. The van der Waals surface area contributed by atoms with Gasteiger partial charge in [-0.15, -0.1) is 0 Å². The first kappa shape index (κ1) is 13.8. The van der Waals surface area contributed by atoms with Crippen molar-refractivity contribution in [2.45, 2.75) is 26.7 Å². The number of carbonyl (C=O) groups excluding carboxylic acids is 1. The second-order valence-electron chi connectivity index (χ2n) is 5.50. The minimum absolute atomic E-state index is 0.0914. The van der Waals surface area contributed by atoms with Crippen molar-refractivity contribution in [3.05, 3.63) is 47.0 Å². The number of hydrogen-bond donors (Lipinski definition) is 0. The van der Waals surface area contributed by atoms with Crippen molar-refractivity contribution in [1.82, 2.24) is 14.7 Å². The molecule has 1 aromatic heterocycles. The van der Waals surface area contributed by atoms with E-state index >= 15 is 0 Å². The quantitative estimate of drug-likeness (QED) is 0.852. The Kier molecular flexibility index (Phi) is 3.49. The maximum absolute atomic E-state index is 14.3. The molecule has 4 nitrogen and oxygen atoms in total. The molecule has 1 saturated heterocycles. The number of likely N-dealkylation sites (tertiary alicyclic amines) is 1. The van der Waals surface area contributed by atoms with E-state index in [1.165, 1.54) is 6.07 Å². The first-order valence-electron chi connectivity index (χ1n) is 7.19. The SMILES string of the molecule is Cc1cc(C)n(-c2ccc(C(=O)N3CCCC3)cc2F)n1. The van der Waals surface area contributed by atoms with Gasteiger partial charge in [0.05, 0.1) is 5.69 Å². The van der Waals surface area contributed by atoms with Gasteiger partial charge >= 0.3 is 0 Å². The molecule has 0 N–H and O–H groups in total. The highest BCUT2D eigenvalue weighted by atomic mass is 19.1. The third-order valence-corrected chi connectivity index (χ3v) is 3.83. The third-order valence-electron chi connectivity index (χ3n) is 3.83. The predicted octanol–water partition coefficient (Wildman–Crippen LogP) is 2.86. The Balaban J connectivity index is 1.92. The van der Waals surface area contributed by atoms with Gasteiger partial charge in [0, 0.05) is 24.3 Å². The van der Waals surface area contributed by atoms with Crippen LogP contribution >= 0.6 is 0 Å². The molecule has 1 aromatic carbocycles.